The summed E-state index contributed by atoms with van der Waals surface area (Å²) in [5, 5.41) is 2.98. The fourth-order valence-electron chi connectivity index (χ4n) is 3.87. The molecule has 4 nitrogen and oxygen atoms in total. The summed E-state index contributed by atoms with van der Waals surface area (Å²) in [7, 11) is 0. The van der Waals surface area contributed by atoms with Crippen LogP contribution in [0.5, 0.6) is 0 Å². The number of ether oxygens (including phenoxy) is 1. The van der Waals surface area contributed by atoms with Crippen molar-refractivity contribution in [3.63, 3.8) is 0 Å². The van der Waals surface area contributed by atoms with E-state index in [4.69, 9.17) is 17.0 Å². The Bertz CT molecular complexity index is 668. The molecule has 26 heavy (non-hydrogen) atoms. The normalized spacial score (nSPS) is 28.6. The Morgan fingerprint density at radius 2 is 2.00 bits per heavy atom. The number of rotatable bonds is 4. The third kappa shape index (κ3) is 4.34. The van der Waals surface area contributed by atoms with Crippen LogP contribution in [-0.2, 0) is 11.3 Å². The van der Waals surface area contributed by atoms with E-state index < -0.39 is 23.4 Å². The highest BCUT2D eigenvalue weighted by atomic mass is 32.1. The third-order valence-corrected chi connectivity index (χ3v) is 5.56. The predicted octanol–water partition coefficient (Wildman–Crippen LogP) is 4.23. The van der Waals surface area contributed by atoms with Crippen molar-refractivity contribution in [2.45, 2.75) is 63.9 Å². The van der Waals surface area contributed by atoms with E-state index in [1.807, 2.05) is 39.0 Å². The molecule has 0 bridgehead atoms. The largest absolute Gasteiger partial charge is 0.444 e. The van der Waals surface area contributed by atoms with Crippen LogP contribution in [0.3, 0.4) is 0 Å². The number of carbonyl (C=O) groups is 1. The number of alkyl halides is 1. The Morgan fingerprint density at radius 1 is 1.35 bits per heavy atom. The number of benzene rings is 1. The van der Waals surface area contributed by atoms with Gasteiger partial charge in [-0.3, -0.25) is 0 Å². The van der Waals surface area contributed by atoms with Crippen LogP contribution < -0.4 is 5.32 Å². The molecule has 0 spiro atoms. The summed E-state index contributed by atoms with van der Waals surface area (Å²) in [5.41, 5.74) is 0.0627. The topological polar surface area (TPSA) is 41.6 Å². The zero-order chi connectivity index (χ0) is 18.9. The molecular weight excluding hydrogens is 351 g/mol. The van der Waals surface area contributed by atoms with Crippen molar-refractivity contribution < 1.29 is 13.9 Å². The number of nitrogens with zero attached hydrogens (tertiary/aromatic N) is 1. The molecule has 1 aliphatic heterocycles. The number of nitrogens with one attached hydrogen (secondary N) is 1. The number of halogens is 1. The van der Waals surface area contributed by atoms with Gasteiger partial charge in [0, 0.05) is 38.3 Å². The summed E-state index contributed by atoms with van der Waals surface area (Å²) in [6.45, 7) is 6.95. The highest BCUT2D eigenvalue weighted by molar-refractivity contribution is 7.80. The Hall–Kier alpha value is -1.69. The number of alkyl carbamates (subject to hydrolysis) is 1. The Balaban J connectivity index is 1.67. The summed E-state index contributed by atoms with van der Waals surface area (Å²) in [5.74, 6) is 0.109. The first-order valence-electron chi connectivity index (χ1n) is 9.14. The second kappa shape index (κ2) is 7.14. The molecular formula is C20H27FN2O2S. The maximum absolute atomic E-state index is 13.8. The molecule has 6 heteroatoms. The first-order chi connectivity index (χ1) is 12.2. The number of thiocarbonyl (C=S) groups is 1. The lowest BCUT2D eigenvalue weighted by Crippen LogP contribution is -2.63. The fourth-order valence-corrected chi connectivity index (χ4v) is 4.21. The molecule has 1 amide bonds. The second-order valence-corrected chi connectivity index (χ2v) is 8.92. The molecule has 1 atom stereocenters. The molecule has 0 aromatic heterocycles. The molecule has 1 unspecified atom stereocenters. The van der Waals surface area contributed by atoms with Crippen LogP contribution in [0.25, 0.3) is 0 Å². The van der Waals surface area contributed by atoms with Crippen molar-refractivity contribution in [3.8, 4) is 0 Å². The van der Waals surface area contributed by atoms with Gasteiger partial charge in [-0.2, -0.15) is 0 Å². The van der Waals surface area contributed by atoms with Crippen molar-refractivity contribution >= 4 is 23.3 Å². The van der Waals surface area contributed by atoms with Crippen molar-refractivity contribution in [3.05, 3.63) is 35.9 Å². The quantitative estimate of drug-likeness (QED) is 0.796. The van der Waals surface area contributed by atoms with E-state index in [9.17, 15) is 9.18 Å². The maximum atomic E-state index is 13.8. The van der Waals surface area contributed by atoms with E-state index >= 15 is 0 Å². The van der Waals surface area contributed by atoms with Gasteiger partial charge in [0.25, 0.3) is 0 Å². The minimum absolute atomic E-state index is 0.109. The SMILES string of the molecule is CC(C)(C)OC(=O)NC1(C2CC(=S)N(Cc3ccccc3)C2)CC(F)C1. The van der Waals surface area contributed by atoms with E-state index in [1.165, 1.54) is 5.56 Å². The lowest BCUT2D eigenvalue weighted by Gasteiger charge is -2.48. The van der Waals surface area contributed by atoms with Gasteiger partial charge in [0.05, 0.1) is 10.5 Å². The lowest BCUT2D eigenvalue weighted by molar-refractivity contribution is -0.000732. The van der Waals surface area contributed by atoms with Crippen LogP contribution in [-0.4, -0.2) is 39.8 Å². The summed E-state index contributed by atoms with van der Waals surface area (Å²) in [6, 6.07) is 10.2. The van der Waals surface area contributed by atoms with Gasteiger partial charge in [-0.1, -0.05) is 42.5 Å². The van der Waals surface area contributed by atoms with E-state index in [0.29, 0.717) is 19.3 Å². The van der Waals surface area contributed by atoms with Gasteiger partial charge in [0.1, 0.15) is 11.8 Å². The zero-order valence-electron chi connectivity index (χ0n) is 15.6. The molecule has 142 valence electrons. The molecule has 2 fully saturated rings. The van der Waals surface area contributed by atoms with Crippen molar-refractivity contribution in [1.82, 2.24) is 10.2 Å². The van der Waals surface area contributed by atoms with Crippen LogP contribution in [0.2, 0.25) is 0 Å². The highest BCUT2D eigenvalue weighted by Gasteiger charge is 2.54. The van der Waals surface area contributed by atoms with E-state index in [2.05, 4.69) is 22.3 Å². The summed E-state index contributed by atoms with van der Waals surface area (Å²) < 4.78 is 19.2. The van der Waals surface area contributed by atoms with Crippen LogP contribution in [0.1, 0.15) is 45.6 Å². The smallest absolute Gasteiger partial charge is 0.408 e. The number of amides is 1. The Morgan fingerprint density at radius 3 is 2.58 bits per heavy atom. The van der Waals surface area contributed by atoms with E-state index in [0.717, 1.165) is 18.1 Å². The first kappa shape index (κ1) is 19.1. The van der Waals surface area contributed by atoms with Gasteiger partial charge in [-0.15, -0.1) is 0 Å². The first-order valence-corrected chi connectivity index (χ1v) is 9.55. The molecule has 3 rings (SSSR count). The van der Waals surface area contributed by atoms with Crippen LogP contribution in [0, 0.1) is 5.92 Å². The Kier molecular flexibility index (Phi) is 5.24. The van der Waals surface area contributed by atoms with Gasteiger partial charge in [-0.05, 0) is 26.3 Å². The van der Waals surface area contributed by atoms with Crippen LogP contribution >= 0.6 is 12.2 Å². The van der Waals surface area contributed by atoms with Crippen molar-refractivity contribution in [1.29, 1.82) is 0 Å². The average Bonchev–Trinajstić information content (AvgIpc) is 2.86. The predicted molar refractivity (Wildman–Crippen MR) is 104 cm³/mol. The minimum Gasteiger partial charge on any atom is -0.444 e. The molecule has 1 N–H and O–H groups in total. The third-order valence-electron chi connectivity index (χ3n) is 5.13. The number of hydrogen-bond acceptors (Lipinski definition) is 3. The molecule has 0 radical (unpaired) electrons. The van der Waals surface area contributed by atoms with Gasteiger partial charge in [-0.25, -0.2) is 9.18 Å². The van der Waals surface area contributed by atoms with Gasteiger partial charge >= 0.3 is 6.09 Å². The fraction of sp³-hybridized carbons (Fsp3) is 0.600. The van der Waals surface area contributed by atoms with Gasteiger partial charge in [0.2, 0.25) is 0 Å². The molecule has 1 heterocycles. The summed E-state index contributed by atoms with van der Waals surface area (Å²) in [4.78, 5) is 15.3. The molecule has 1 saturated heterocycles. The van der Waals surface area contributed by atoms with Gasteiger partial charge in [0.15, 0.2) is 0 Å². The van der Waals surface area contributed by atoms with Gasteiger partial charge < -0.3 is 15.0 Å². The maximum Gasteiger partial charge on any atom is 0.408 e. The molecule has 1 aromatic carbocycles. The Labute approximate surface area is 160 Å². The number of hydrogen-bond donors (Lipinski definition) is 1. The zero-order valence-corrected chi connectivity index (χ0v) is 16.4. The monoisotopic (exact) mass is 378 g/mol. The summed E-state index contributed by atoms with van der Waals surface area (Å²) >= 11 is 5.58. The average molecular weight is 379 g/mol. The molecule has 1 aliphatic carbocycles. The number of carbonyl (C=O) groups excluding carboxylic acids is 1. The van der Waals surface area contributed by atoms with E-state index in [-0.39, 0.29) is 5.92 Å². The second-order valence-electron chi connectivity index (χ2n) is 8.45. The molecule has 1 aromatic rings. The van der Waals surface area contributed by atoms with Crippen molar-refractivity contribution in [2.24, 2.45) is 5.92 Å². The van der Waals surface area contributed by atoms with Crippen molar-refractivity contribution in [2.75, 3.05) is 6.54 Å². The van der Waals surface area contributed by atoms with Crippen LogP contribution in [0.15, 0.2) is 30.3 Å². The molecule has 1 saturated carbocycles. The van der Waals surface area contributed by atoms with Crippen LogP contribution in [0.4, 0.5) is 9.18 Å². The number of likely N-dealkylation sites (tertiary alicyclic amines) is 1. The lowest BCUT2D eigenvalue weighted by atomic mass is 9.66. The van der Waals surface area contributed by atoms with E-state index in [1.54, 1.807) is 0 Å². The standard InChI is InChI=1S/C20H27FN2O2S/c1-19(2,3)25-18(24)22-20(10-16(21)11-20)15-9-17(26)23(13-15)12-14-7-5-4-6-8-14/h4-8,15-16H,9-13H2,1-3H3,(H,22,24). The summed E-state index contributed by atoms with van der Waals surface area (Å²) in [6.07, 6.45) is 0.0146. The minimum atomic E-state index is -0.873. The highest BCUT2D eigenvalue weighted by Crippen LogP contribution is 2.45. The molecule has 2 aliphatic rings.